The predicted octanol–water partition coefficient (Wildman–Crippen LogP) is 2.15. The lowest BCUT2D eigenvalue weighted by Crippen LogP contribution is -2.11. The Hall–Kier alpha value is -2.30. The zero-order valence-corrected chi connectivity index (χ0v) is 11.1. The summed E-state index contributed by atoms with van der Waals surface area (Å²) >= 11 is 0. The van der Waals surface area contributed by atoms with Gasteiger partial charge >= 0.3 is 0 Å². The third-order valence-corrected chi connectivity index (χ3v) is 2.78. The zero-order valence-electron chi connectivity index (χ0n) is 11.1. The van der Waals surface area contributed by atoms with E-state index in [9.17, 15) is 0 Å². The van der Waals surface area contributed by atoms with Gasteiger partial charge in [0.1, 0.15) is 12.0 Å². The van der Waals surface area contributed by atoms with Crippen LogP contribution in [0.3, 0.4) is 0 Å². The molecule has 0 unspecified atom stereocenters. The van der Waals surface area contributed by atoms with Gasteiger partial charge in [-0.15, -0.1) is 0 Å². The standard InChI is InChI=1S/C14H19N5/c1-2-16-13-12(15)14(19-10-18-13)17-9-8-11-6-4-3-5-7-11/h3-7,10H,2,8-9,15H2,1H3,(H2,16,17,18,19). The summed E-state index contributed by atoms with van der Waals surface area (Å²) in [6, 6.07) is 10.3. The molecule has 5 heteroatoms. The molecule has 0 amide bonds. The second kappa shape index (κ2) is 6.58. The van der Waals surface area contributed by atoms with Crippen LogP contribution in [0.1, 0.15) is 12.5 Å². The van der Waals surface area contributed by atoms with Gasteiger partial charge in [-0.2, -0.15) is 0 Å². The number of nitrogens with one attached hydrogen (secondary N) is 2. The van der Waals surface area contributed by atoms with Crippen molar-refractivity contribution in [1.29, 1.82) is 0 Å². The molecule has 0 atom stereocenters. The molecule has 100 valence electrons. The summed E-state index contributed by atoms with van der Waals surface area (Å²) in [6.07, 6.45) is 2.44. The Kier molecular flexibility index (Phi) is 4.55. The first-order valence-electron chi connectivity index (χ1n) is 6.43. The van der Waals surface area contributed by atoms with E-state index in [-0.39, 0.29) is 0 Å². The fourth-order valence-electron chi connectivity index (χ4n) is 1.81. The fraction of sp³-hybridized carbons (Fsp3) is 0.286. The molecule has 1 aromatic heterocycles. The molecule has 0 aliphatic rings. The Labute approximate surface area is 113 Å². The molecule has 2 aromatic rings. The summed E-state index contributed by atoms with van der Waals surface area (Å²) in [6.45, 7) is 3.57. The molecule has 0 saturated carbocycles. The number of nitrogens with two attached hydrogens (primary N) is 1. The van der Waals surface area contributed by atoms with Gasteiger partial charge in [0, 0.05) is 13.1 Å². The van der Waals surface area contributed by atoms with Crippen LogP contribution in [-0.4, -0.2) is 23.1 Å². The first-order chi connectivity index (χ1) is 9.31. The molecule has 0 bridgehead atoms. The van der Waals surface area contributed by atoms with Crippen LogP contribution in [0.2, 0.25) is 0 Å². The van der Waals surface area contributed by atoms with Crippen LogP contribution >= 0.6 is 0 Å². The van der Waals surface area contributed by atoms with Crippen LogP contribution in [0.4, 0.5) is 17.3 Å². The lowest BCUT2D eigenvalue weighted by molar-refractivity contribution is 0.999. The molecule has 0 spiro atoms. The van der Waals surface area contributed by atoms with E-state index in [0.29, 0.717) is 17.3 Å². The lowest BCUT2D eigenvalue weighted by atomic mass is 10.1. The number of nitrogen functional groups attached to an aromatic ring is 1. The maximum Gasteiger partial charge on any atom is 0.154 e. The molecule has 19 heavy (non-hydrogen) atoms. The van der Waals surface area contributed by atoms with Gasteiger partial charge < -0.3 is 16.4 Å². The van der Waals surface area contributed by atoms with Gasteiger partial charge in [-0.1, -0.05) is 30.3 Å². The van der Waals surface area contributed by atoms with Crippen molar-refractivity contribution in [3.63, 3.8) is 0 Å². The fourth-order valence-corrected chi connectivity index (χ4v) is 1.81. The van der Waals surface area contributed by atoms with E-state index in [2.05, 4.69) is 32.7 Å². The highest BCUT2D eigenvalue weighted by atomic mass is 15.1. The van der Waals surface area contributed by atoms with E-state index in [4.69, 9.17) is 5.73 Å². The Balaban J connectivity index is 1.94. The maximum absolute atomic E-state index is 6.00. The molecular weight excluding hydrogens is 238 g/mol. The van der Waals surface area contributed by atoms with Crippen LogP contribution in [0, 0.1) is 0 Å². The van der Waals surface area contributed by atoms with Crippen molar-refractivity contribution in [3.05, 3.63) is 42.2 Å². The SMILES string of the molecule is CCNc1ncnc(NCCc2ccccc2)c1N. The van der Waals surface area contributed by atoms with Gasteiger partial charge in [0.25, 0.3) is 0 Å². The van der Waals surface area contributed by atoms with Crippen molar-refractivity contribution in [2.24, 2.45) is 0 Å². The Bertz CT molecular complexity index is 512. The van der Waals surface area contributed by atoms with Crippen LogP contribution < -0.4 is 16.4 Å². The number of hydrogen-bond acceptors (Lipinski definition) is 5. The average molecular weight is 257 g/mol. The van der Waals surface area contributed by atoms with Gasteiger partial charge in [-0.25, -0.2) is 9.97 Å². The maximum atomic E-state index is 6.00. The normalized spacial score (nSPS) is 10.2. The number of rotatable bonds is 6. The van der Waals surface area contributed by atoms with Crippen molar-refractivity contribution >= 4 is 17.3 Å². The van der Waals surface area contributed by atoms with Gasteiger partial charge in [0.2, 0.25) is 0 Å². The monoisotopic (exact) mass is 257 g/mol. The van der Waals surface area contributed by atoms with E-state index < -0.39 is 0 Å². The second-order valence-electron chi connectivity index (χ2n) is 4.18. The minimum absolute atomic E-state index is 0.567. The van der Waals surface area contributed by atoms with Crippen LogP contribution in [0.15, 0.2) is 36.7 Å². The molecular formula is C14H19N5. The van der Waals surface area contributed by atoms with Crippen molar-refractivity contribution in [2.45, 2.75) is 13.3 Å². The van der Waals surface area contributed by atoms with Gasteiger partial charge in [-0.05, 0) is 18.9 Å². The van der Waals surface area contributed by atoms with E-state index in [1.165, 1.54) is 11.9 Å². The third kappa shape index (κ3) is 3.58. The Morgan fingerprint density at radius 3 is 2.42 bits per heavy atom. The number of aromatic nitrogens is 2. The molecule has 1 heterocycles. The first kappa shape index (κ1) is 13.1. The molecule has 0 radical (unpaired) electrons. The van der Waals surface area contributed by atoms with Crippen molar-refractivity contribution in [2.75, 3.05) is 29.5 Å². The van der Waals surface area contributed by atoms with Crippen LogP contribution in [0.25, 0.3) is 0 Å². The number of benzene rings is 1. The minimum atomic E-state index is 0.567. The predicted molar refractivity (Wildman–Crippen MR) is 79.2 cm³/mol. The van der Waals surface area contributed by atoms with Gasteiger partial charge in [-0.3, -0.25) is 0 Å². The van der Waals surface area contributed by atoms with E-state index in [1.54, 1.807) is 0 Å². The van der Waals surface area contributed by atoms with E-state index >= 15 is 0 Å². The molecule has 1 aromatic carbocycles. The average Bonchev–Trinajstić information content (AvgIpc) is 2.44. The summed E-state index contributed by atoms with van der Waals surface area (Å²) in [5, 5.41) is 6.35. The zero-order chi connectivity index (χ0) is 13.5. The summed E-state index contributed by atoms with van der Waals surface area (Å²) < 4.78 is 0. The van der Waals surface area contributed by atoms with Crippen LogP contribution in [-0.2, 0) is 6.42 Å². The molecule has 0 aliphatic carbocycles. The molecule has 2 rings (SSSR count). The van der Waals surface area contributed by atoms with Crippen LogP contribution in [0.5, 0.6) is 0 Å². The largest absolute Gasteiger partial charge is 0.393 e. The number of anilines is 3. The quantitative estimate of drug-likeness (QED) is 0.739. The third-order valence-electron chi connectivity index (χ3n) is 2.78. The smallest absolute Gasteiger partial charge is 0.154 e. The van der Waals surface area contributed by atoms with Gasteiger partial charge in [0.15, 0.2) is 11.6 Å². The number of hydrogen-bond donors (Lipinski definition) is 3. The Morgan fingerprint density at radius 2 is 1.74 bits per heavy atom. The molecule has 4 N–H and O–H groups in total. The van der Waals surface area contributed by atoms with E-state index in [0.717, 1.165) is 19.5 Å². The highest BCUT2D eigenvalue weighted by Crippen LogP contribution is 2.21. The lowest BCUT2D eigenvalue weighted by Gasteiger charge is -2.11. The summed E-state index contributed by atoms with van der Waals surface area (Å²) in [7, 11) is 0. The Morgan fingerprint density at radius 1 is 1.05 bits per heavy atom. The summed E-state index contributed by atoms with van der Waals surface area (Å²) in [5.41, 5.74) is 7.85. The molecule has 0 saturated heterocycles. The highest BCUT2D eigenvalue weighted by molar-refractivity contribution is 5.73. The summed E-state index contributed by atoms with van der Waals surface area (Å²) in [5.74, 6) is 1.36. The van der Waals surface area contributed by atoms with Crippen molar-refractivity contribution < 1.29 is 0 Å². The molecule has 0 fully saturated rings. The van der Waals surface area contributed by atoms with Crippen molar-refractivity contribution in [1.82, 2.24) is 9.97 Å². The van der Waals surface area contributed by atoms with E-state index in [1.807, 2.05) is 25.1 Å². The highest BCUT2D eigenvalue weighted by Gasteiger charge is 2.06. The van der Waals surface area contributed by atoms with Crippen molar-refractivity contribution in [3.8, 4) is 0 Å². The number of nitrogens with zero attached hydrogens (tertiary/aromatic N) is 2. The molecule has 5 nitrogen and oxygen atoms in total. The summed E-state index contributed by atoms with van der Waals surface area (Å²) in [4.78, 5) is 8.27. The topological polar surface area (TPSA) is 75.9 Å². The molecule has 0 aliphatic heterocycles. The minimum Gasteiger partial charge on any atom is -0.393 e. The van der Waals surface area contributed by atoms with Gasteiger partial charge in [0.05, 0.1) is 0 Å². The second-order valence-corrected chi connectivity index (χ2v) is 4.18. The first-order valence-corrected chi connectivity index (χ1v) is 6.43.